The Hall–Kier alpha value is -0.910. The Kier molecular flexibility index (Phi) is 4.58. The summed E-state index contributed by atoms with van der Waals surface area (Å²) in [7, 11) is 0. The van der Waals surface area contributed by atoms with Crippen LogP contribution in [0.25, 0.3) is 0 Å². The highest BCUT2D eigenvalue weighted by molar-refractivity contribution is 8.02. The second kappa shape index (κ2) is 5.74. The number of nitriles is 1. The van der Waals surface area contributed by atoms with Crippen LogP contribution >= 0.6 is 23.4 Å². The van der Waals surface area contributed by atoms with Gasteiger partial charge in [0, 0.05) is 10.5 Å². The Morgan fingerprint density at radius 1 is 1.57 bits per heavy atom. The van der Waals surface area contributed by atoms with Crippen molar-refractivity contribution in [3.05, 3.63) is 40.3 Å². The Labute approximate surface area is 93.4 Å². The minimum absolute atomic E-state index is 0.724. The Morgan fingerprint density at radius 3 is 2.86 bits per heavy atom. The van der Waals surface area contributed by atoms with Crippen LogP contribution in [0, 0.1) is 11.3 Å². The molecule has 0 aliphatic carbocycles. The van der Waals surface area contributed by atoms with E-state index in [1.165, 1.54) is 11.8 Å². The molecule has 1 rings (SSSR count). The van der Waals surface area contributed by atoms with E-state index in [0.717, 1.165) is 21.9 Å². The molecule has 0 spiro atoms. The number of allylic oxidation sites excluding steroid dienone is 1. The van der Waals surface area contributed by atoms with E-state index in [4.69, 9.17) is 16.9 Å². The van der Waals surface area contributed by atoms with Crippen molar-refractivity contribution in [2.24, 2.45) is 0 Å². The lowest BCUT2D eigenvalue weighted by molar-refractivity contribution is 1.16. The largest absolute Gasteiger partial charge is 0.193 e. The predicted molar refractivity (Wildman–Crippen MR) is 61.3 cm³/mol. The van der Waals surface area contributed by atoms with Gasteiger partial charge in [-0.3, -0.25) is 0 Å². The molecule has 72 valence electrons. The van der Waals surface area contributed by atoms with Gasteiger partial charge in [0.05, 0.1) is 11.1 Å². The summed E-state index contributed by atoms with van der Waals surface area (Å²) in [6.45, 7) is 1.96. The van der Waals surface area contributed by atoms with Gasteiger partial charge in [-0.15, -0.1) is 0 Å². The standard InChI is InChI=1S/C11H10ClNS/c1-2-9(7-13)8-14-11-6-4-3-5-10(11)12/h3-6,8H,2H2,1H3. The molecule has 0 radical (unpaired) electrons. The van der Waals surface area contributed by atoms with Gasteiger partial charge in [0.25, 0.3) is 0 Å². The molecular formula is C11H10ClNS. The molecule has 1 aromatic carbocycles. The number of nitrogens with zero attached hydrogens (tertiary/aromatic N) is 1. The quantitative estimate of drug-likeness (QED) is 0.565. The lowest BCUT2D eigenvalue weighted by Crippen LogP contribution is -1.74. The van der Waals surface area contributed by atoms with Crippen LogP contribution in [-0.2, 0) is 0 Å². The number of hydrogen-bond acceptors (Lipinski definition) is 2. The second-order valence-electron chi connectivity index (χ2n) is 2.66. The zero-order valence-electron chi connectivity index (χ0n) is 7.83. The van der Waals surface area contributed by atoms with Gasteiger partial charge in [-0.05, 0) is 24.0 Å². The highest BCUT2D eigenvalue weighted by Gasteiger charge is 1.98. The molecule has 0 atom stereocenters. The molecule has 1 nitrogen and oxygen atoms in total. The fraction of sp³-hybridized carbons (Fsp3) is 0.182. The van der Waals surface area contributed by atoms with Crippen molar-refractivity contribution in [1.29, 1.82) is 5.26 Å². The van der Waals surface area contributed by atoms with Crippen molar-refractivity contribution in [3.63, 3.8) is 0 Å². The van der Waals surface area contributed by atoms with Crippen LogP contribution < -0.4 is 0 Å². The van der Waals surface area contributed by atoms with Crippen molar-refractivity contribution in [3.8, 4) is 6.07 Å². The highest BCUT2D eigenvalue weighted by Crippen LogP contribution is 2.28. The SMILES string of the molecule is CCC(C#N)=CSc1ccccc1Cl. The summed E-state index contributed by atoms with van der Waals surface area (Å²) < 4.78 is 0. The molecule has 0 bridgehead atoms. The van der Waals surface area contributed by atoms with Crippen molar-refractivity contribution >= 4 is 23.4 Å². The molecule has 0 N–H and O–H groups in total. The molecule has 3 heteroatoms. The first-order chi connectivity index (χ1) is 6.77. The van der Waals surface area contributed by atoms with Crippen molar-refractivity contribution < 1.29 is 0 Å². The van der Waals surface area contributed by atoms with E-state index in [-0.39, 0.29) is 0 Å². The molecular weight excluding hydrogens is 214 g/mol. The third-order valence-corrected chi connectivity index (χ3v) is 3.14. The van der Waals surface area contributed by atoms with E-state index in [1.54, 1.807) is 0 Å². The third-order valence-electron chi connectivity index (χ3n) is 1.69. The first-order valence-electron chi connectivity index (χ1n) is 4.28. The van der Waals surface area contributed by atoms with E-state index < -0.39 is 0 Å². The second-order valence-corrected chi connectivity index (χ2v) is 3.98. The molecule has 0 unspecified atom stereocenters. The maximum absolute atomic E-state index is 8.71. The fourth-order valence-electron chi connectivity index (χ4n) is 0.864. The molecule has 1 aromatic rings. The van der Waals surface area contributed by atoms with Gasteiger partial charge < -0.3 is 0 Å². The van der Waals surface area contributed by atoms with E-state index in [2.05, 4.69) is 6.07 Å². The minimum Gasteiger partial charge on any atom is -0.193 e. The average Bonchev–Trinajstić information content (AvgIpc) is 2.22. The monoisotopic (exact) mass is 223 g/mol. The molecule has 14 heavy (non-hydrogen) atoms. The molecule has 0 aliphatic rings. The van der Waals surface area contributed by atoms with Crippen LogP contribution in [0.1, 0.15) is 13.3 Å². The summed E-state index contributed by atoms with van der Waals surface area (Å²) in [5, 5.41) is 11.3. The van der Waals surface area contributed by atoms with E-state index in [1.807, 2.05) is 36.6 Å². The first-order valence-corrected chi connectivity index (χ1v) is 5.54. The fourth-order valence-corrected chi connectivity index (χ4v) is 1.96. The van der Waals surface area contributed by atoms with Crippen molar-refractivity contribution in [2.75, 3.05) is 0 Å². The average molecular weight is 224 g/mol. The lowest BCUT2D eigenvalue weighted by atomic mass is 10.3. The zero-order valence-corrected chi connectivity index (χ0v) is 9.40. The van der Waals surface area contributed by atoms with Gasteiger partial charge in [0.2, 0.25) is 0 Å². The number of thioether (sulfide) groups is 1. The van der Waals surface area contributed by atoms with Gasteiger partial charge in [-0.1, -0.05) is 42.4 Å². The van der Waals surface area contributed by atoms with Gasteiger partial charge in [-0.25, -0.2) is 0 Å². The van der Waals surface area contributed by atoms with Crippen LogP contribution in [0.2, 0.25) is 5.02 Å². The van der Waals surface area contributed by atoms with E-state index in [9.17, 15) is 0 Å². The Bertz CT molecular complexity index is 379. The first kappa shape index (κ1) is 11.2. The highest BCUT2D eigenvalue weighted by atomic mass is 35.5. The number of halogens is 1. The summed E-state index contributed by atoms with van der Waals surface area (Å²) in [5.41, 5.74) is 0.773. The van der Waals surface area contributed by atoms with Crippen LogP contribution in [-0.4, -0.2) is 0 Å². The smallest absolute Gasteiger partial charge is 0.0952 e. The van der Waals surface area contributed by atoms with E-state index in [0.29, 0.717) is 0 Å². The summed E-state index contributed by atoms with van der Waals surface area (Å²) in [6.07, 6.45) is 0.758. The summed E-state index contributed by atoms with van der Waals surface area (Å²) in [4.78, 5) is 0.982. The minimum atomic E-state index is 0.724. The van der Waals surface area contributed by atoms with Gasteiger partial charge in [0.1, 0.15) is 0 Å². The number of benzene rings is 1. The number of rotatable bonds is 3. The molecule has 0 aromatic heterocycles. The molecule has 0 aliphatic heterocycles. The molecule has 0 saturated heterocycles. The van der Waals surface area contributed by atoms with Crippen LogP contribution in [0.4, 0.5) is 0 Å². The van der Waals surface area contributed by atoms with Crippen LogP contribution in [0.15, 0.2) is 40.1 Å². The van der Waals surface area contributed by atoms with Crippen LogP contribution in [0.5, 0.6) is 0 Å². The van der Waals surface area contributed by atoms with Crippen molar-refractivity contribution in [1.82, 2.24) is 0 Å². The molecule has 0 amide bonds. The molecule has 0 heterocycles. The van der Waals surface area contributed by atoms with Crippen molar-refractivity contribution in [2.45, 2.75) is 18.2 Å². The summed E-state index contributed by atoms with van der Waals surface area (Å²) >= 11 is 7.45. The predicted octanol–water partition coefficient (Wildman–Crippen LogP) is 4.25. The normalized spacial score (nSPS) is 11.1. The Morgan fingerprint density at radius 2 is 2.29 bits per heavy atom. The summed E-state index contributed by atoms with van der Waals surface area (Å²) in [6, 6.07) is 9.74. The van der Waals surface area contributed by atoms with Gasteiger partial charge in [-0.2, -0.15) is 5.26 Å². The van der Waals surface area contributed by atoms with E-state index >= 15 is 0 Å². The number of hydrogen-bond donors (Lipinski definition) is 0. The third kappa shape index (κ3) is 3.10. The molecule has 0 saturated carbocycles. The lowest BCUT2D eigenvalue weighted by Gasteiger charge is -1.99. The summed E-state index contributed by atoms with van der Waals surface area (Å²) in [5.74, 6) is 0. The van der Waals surface area contributed by atoms with Crippen LogP contribution in [0.3, 0.4) is 0 Å². The van der Waals surface area contributed by atoms with Gasteiger partial charge in [0.15, 0.2) is 0 Å². The Balaban J connectivity index is 2.76. The topological polar surface area (TPSA) is 23.8 Å². The zero-order chi connectivity index (χ0) is 10.4. The molecule has 0 fully saturated rings. The maximum atomic E-state index is 8.71. The maximum Gasteiger partial charge on any atom is 0.0952 e. The van der Waals surface area contributed by atoms with Gasteiger partial charge >= 0.3 is 0 Å².